The topological polar surface area (TPSA) is 21.3 Å². The summed E-state index contributed by atoms with van der Waals surface area (Å²) in [5.41, 5.74) is 2.25. The molecule has 2 rings (SSSR count). The van der Waals surface area contributed by atoms with Gasteiger partial charge in [-0.05, 0) is 30.3 Å². The molecule has 0 amide bonds. The predicted octanol–water partition coefficient (Wildman–Crippen LogP) is 4.81. The van der Waals surface area contributed by atoms with Crippen LogP contribution in [0.25, 0.3) is 0 Å². The van der Waals surface area contributed by atoms with E-state index in [4.69, 9.17) is 16.3 Å². The lowest BCUT2D eigenvalue weighted by Gasteiger charge is -2.22. The molecule has 2 aromatic carbocycles. The summed E-state index contributed by atoms with van der Waals surface area (Å²) >= 11 is 9.62. The Kier molecular flexibility index (Phi) is 5.46. The molecule has 0 aliphatic carbocycles. The van der Waals surface area contributed by atoms with Crippen LogP contribution in [0.1, 0.15) is 24.1 Å². The van der Waals surface area contributed by atoms with E-state index in [0.717, 1.165) is 32.9 Å². The highest BCUT2D eigenvalue weighted by Gasteiger charge is 2.19. The smallest absolute Gasteiger partial charge is 0.123 e. The van der Waals surface area contributed by atoms with E-state index in [-0.39, 0.29) is 6.04 Å². The van der Waals surface area contributed by atoms with Gasteiger partial charge in [-0.25, -0.2) is 0 Å². The van der Waals surface area contributed by atoms with Gasteiger partial charge in [0.25, 0.3) is 0 Å². The minimum Gasteiger partial charge on any atom is -0.496 e. The molecule has 1 atom stereocenters. The largest absolute Gasteiger partial charge is 0.496 e. The fourth-order valence-corrected chi connectivity index (χ4v) is 3.14. The summed E-state index contributed by atoms with van der Waals surface area (Å²) < 4.78 is 6.46. The Morgan fingerprint density at radius 3 is 2.60 bits per heavy atom. The summed E-state index contributed by atoms with van der Waals surface area (Å²) in [5.74, 6) is 0.875. The zero-order chi connectivity index (χ0) is 14.5. The van der Waals surface area contributed by atoms with Crippen molar-refractivity contribution >= 4 is 27.5 Å². The Morgan fingerprint density at radius 2 is 1.95 bits per heavy atom. The van der Waals surface area contributed by atoms with Crippen LogP contribution in [0.2, 0.25) is 5.02 Å². The van der Waals surface area contributed by atoms with Gasteiger partial charge >= 0.3 is 0 Å². The van der Waals surface area contributed by atoms with Crippen LogP contribution in [0.5, 0.6) is 5.75 Å². The molecule has 0 radical (unpaired) electrons. The third kappa shape index (κ3) is 3.35. The Hall–Kier alpha value is -1.03. The van der Waals surface area contributed by atoms with Crippen LogP contribution in [0, 0.1) is 0 Å². The highest BCUT2D eigenvalue weighted by Crippen LogP contribution is 2.34. The zero-order valence-electron chi connectivity index (χ0n) is 11.5. The van der Waals surface area contributed by atoms with E-state index in [1.807, 2.05) is 36.4 Å². The molecule has 0 heterocycles. The Labute approximate surface area is 133 Å². The van der Waals surface area contributed by atoms with E-state index in [1.165, 1.54) is 0 Å². The van der Waals surface area contributed by atoms with Gasteiger partial charge < -0.3 is 10.1 Å². The maximum Gasteiger partial charge on any atom is 0.123 e. The molecule has 0 aliphatic heterocycles. The summed E-state index contributed by atoms with van der Waals surface area (Å²) in [5, 5.41) is 4.22. The van der Waals surface area contributed by atoms with Crippen molar-refractivity contribution in [2.45, 2.75) is 13.0 Å². The Bertz CT molecular complexity index is 588. The highest BCUT2D eigenvalue weighted by molar-refractivity contribution is 9.10. The highest BCUT2D eigenvalue weighted by atomic mass is 79.9. The summed E-state index contributed by atoms with van der Waals surface area (Å²) in [6, 6.07) is 14.0. The molecule has 20 heavy (non-hydrogen) atoms. The summed E-state index contributed by atoms with van der Waals surface area (Å²) in [4.78, 5) is 0. The normalized spacial score (nSPS) is 12.2. The molecular formula is C16H17BrClNO. The standard InChI is InChI=1S/C16H17BrClNO/c1-3-19-16(12-9-8-11(18)10-14(12)17)13-6-4-5-7-15(13)20-2/h4-10,16,19H,3H2,1-2H3. The lowest BCUT2D eigenvalue weighted by Crippen LogP contribution is -2.22. The first-order chi connectivity index (χ1) is 9.67. The fourth-order valence-electron chi connectivity index (χ4n) is 2.23. The summed E-state index contributed by atoms with van der Waals surface area (Å²) in [6.45, 7) is 2.95. The van der Waals surface area contributed by atoms with E-state index in [9.17, 15) is 0 Å². The molecule has 2 nitrogen and oxygen atoms in total. The van der Waals surface area contributed by atoms with Crippen LogP contribution in [-0.2, 0) is 0 Å². The predicted molar refractivity (Wildman–Crippen MR) is 87.7 cm³/mol. The van der Waals surface area contributed by atoms with Crippen LogP contribution < -0.4 is 10.1 Å². The van der Waals surface area contributed by atoms with Gasteiger partial charge in [-0.1, -0.05) is 58.7 Å². The van der Waals surface area contributed by atoms with Gasteiger partial charge in [-0.2, -0.15) is 0 Å². The maximum absolute atomic E-state index is 6.03. The first-order valence-corrected chi connectivity index (χ1v) is 7.65. The molecule has 1 N–H and O–H groups in total. The number of hydrogen-bond acceptors (Lipinski definition) is 2. The number of methoxy groups -OCH3 is 1. The van der Waals surface area contributed by atoms with Gasteiger partial charge in [0.15, 0.2) is 0 Å². The number of para-hydroxylation sites is 1. The first-order valence-electron chi connectivity index (χ1n) is 6.48. The third-order valence-electron chi connectivity index (χ3n) is 3.13. The SMILES string of the molecule is CCNC(c1ccc(Cl)cc1Br)c1ccccc1OC. The van der Waals surface area contributed by atoms with Crippen molar-refractivity contribution in [2.24, 2.45) is 0 Å². The first kappa shape index (κ1) is 15.4. The number of nitrogens with one attached hydrogen (secondary N) is 1. The van der Waals surface area contributed by atoms with Gasteiger partial charge in [0.1, 0.15) is 5.75 Å². The number of hydrogen-bond donors (Lipinski definition) is 1. The minimum absolute atomic E-state index is 0.0581. The van der Waals surface area contributed by atoms with E-state index in [0.29, 0.717) is 0 Å². The molecule has 106 valence electrons. The molecule has 4 heteroatoms. The molecule has 0 aliphatic rings. The van der Waals surface area contributed by atoms with Crippen LogP contribution in [0.15, 0.2) is 46.9 Å². The van der Waals surface area contributed by atoms with Crippen LogP contribution in [0.3, 0.4) is 0 Å². The molecule has 0 spiro atoms. The van der Waals surface area contributed by atoms with Gasteiger partial charge in [0.05, 0.1) is 13.2 Å². The van der Waals surface area contributed by atoms with Crippen LogP contribution >= 0.6 is 27.5 Å². The van der Waals surface area contributed by atoms with Crippen molar-refractivity contribution in [3.8, 4) is 5.75 Å². The Balaban J connectivity index is 2.50. The van der Waals surface area contributed by atoms with Crippen molar-refractivity contribution in [3.63, 3.8) is 0 Å². The summed E-state index contributed by atoms with van der Waals surface area (Å²) in [6.07, 6.45) is 0. The lowest BCUT2D eigenvalue weighted by molar-refractivity contribution is 0.404. The van der Waals surface area contributed by atoms with E-state index in [1.54, 1.807) is 7.11 Å². The molecule has 0 saturated carbocycles. The fraction of sp³-hybridized carbons (Fsp3) is 0.250. The third-order valence-corrected chi connectivity index (χ3v) is 4.05. The van der Waals surface area contributed by atoms with Gasteiger partial charge in [-0.3, -0.25) is 0 Å². The van der Waals surface area contributed by atoms with Crippen molar-refractivity contribution in [1.82, 2.24) is 5.32 Å². The van der Waals surface area contributed by atoms with E-state index in [2.05, 4.69) is 34.2 Å². The molecule has 0 saturated heterocycles. The molecule has 1 unspecified atom stereocenters. The van der Waals surface area contributed by atoms with Gasteiger partial charge in [0.2, 0.25) is 0 Å². The van der Waals surface area contributed by atoms with E-state index >= 15 is 0 Å². The van der Waals surface area contributed by atoms with Crippen LogP contribution in [-0.4, -0.2) is 13.7 Å². The van der Waals surface area contributed by atoms with Crippen molar-refractivity contribution in [2.75, 3.05) is 13.7 Å². The second kappa shape index (κ2) is 7.11. The molecule has 0 fully saturated rings. The number of rotatable bonds is 5. The number of ether oxygens (including phenoxy) is 1. The molecule has 2 aromatic rings. The number of benzene rings is 2. The van der Waals surface area contributed by atoms with Gasteiger partial charge in [-0.15, -0.1) is 0 Å². The monoisotopic (exact) mass is 353 g/mol. The Morgan fingerprint density at radius 1 is 1.20 bits per heavy atom. The number of halogens is 2. The average molecular weight is 355 g/mol. The second-order valence-corrected chi connectivity index (χ2v) is 5.69. The maximum atomic E-state index is 6.03. The molecule has 0 bridgehead atoms. The minimum atomic E-state index is 0.0581. The quantitative estimate of drug-likeness (QED) is 0.832. The van der Waals surface area contributed by atoms with Crippen molar-refractivity contribution in [1.29, 1.82) is 0 Å². The van der Waals surface area contributed by atoms with Crippen molar-refractivity contribution in [3.05, 3.63) is 63.1 Å². The molecular weight excluding hydrogens is 338 g/mol. The zero-order valence-corrected chi connectivity index (χ0v) is 13.8. The lowest BCUT2D eigenvalue weighted by atomic mass is 9.98. The van der Waals surface area contributed by atoms with Crippen LogP contribution in [0.4, 0.5) is 0 Å². The van der Waals surface area contributed by atoms with Crippen molar-refractivity contribution < 1.29 is 4.74 Å². The average Bonchev–Trinajstić information content (AvgIpc) is 2.45. The second-order valence-electron chi connectivity index (χ2n) is 4.40. The molecule has 0 aromatic heterocycles. The van der Waals surface area contributed by atoms with Gasteiger partial charge in [0, 0.05) is 15.1 Å². The summed E-state index contributed by atoms with van der Waals surface area (Å²) in [7, 11) is 1.69. The van der Waals surface area contributed by atoms with E-state index < -0.39 is 0 Å².